The highest BCUT2D eigenvalue weighted by molar-refractivity contribution is 6.30. The van der Waals surface area contributed by atoms with Gasteiger partial charge in [0.2, 0.25) is 5.91 Å². The number of halogens is 2. The van der Waals surface area contributed by atoms with Crippen molar-refractivity contribution < 1.29 is 19.1 Å². The number of amides is 3. The van der Waals surface area contributed by atoms with Crippen LogP contribution in [0.1, 0.15) is 48.8 Å². The average molecular weight is 628 g/mol. The van der Waals surface area contributed by atoms with Crippen LogP contribution >= 0.6 is 11.6 Å². The summed E-state index contributed by atoms with van der Waals surface area (Å²) in [6.07, 6.45) is 7.20. The summed E-state index contributed by atoms with van der Waals surface area (Å²) in [5.41, 5.74) is 7.12. The van der Waals surface area contributed by atoms with Gasteiger partial charge in [-0.2, -0.15) is 0 Å². The number of rotatable bonds is 9. The second-order valence-corrected chi connectivity index (χ2v) is 12.5. The predicted molar refractivity (Wildman–Crippen MR) is 172 cm³/mol. The van der Waals surface area contributed by atoms with Crippen molar-refractivity contribution >= 4 is 34.9 Å². The smallest absolute Gasteiger partial charge is 0.322 e. The molecule has 232 valence electrons. The first kappa shape index (κ1) is 30.7. The number of anilines is 2. The van der Waals surface area contributed by atoms with E-state index in [9.17, 15) is 14.7 Å². The normalized spacial score (nSPS) is 20.8. The van der Waals surface area contributed by atoms with E-state index < -0.39 is 34.9 Å². The Balaban J connectivity index is 1.29. The maximum absolute atomic E-state index is 15.3. The SMILES string of the molecule is NC(CCC1CC1)(c1ccncc1)c1ccc(F)c(NC(=O)C2CC(O)(c3ccccc3)CN2C(=O)Nc2ccc(Cl)cc2)c1. The highest BCUT2D eigenvalue weighted by atomic mass is 35.5. The lowest BCUT2D eigenvalue weighted by atomic mass is 9.79. The Morgan fingerprint density at radius 1 is 1.00 bits per heavy atom. The summed E-state index contributed by atoms with van der Waals surface area (Å²) >= 11 is 5.99. The number of nitrogens with two attached hydrogens (primary N) is 1. The molecule has 1 saturated carbocycles. The van der Waals surface area contributed by atoms with Crippen molar-refractivity contribution in [2.75, 3.05) is 17.2 Å². The van der Waals surface area contributed by atoms with E-state index in [-0.39, 0.29) is 18.7 Å². The molecule has 3 amide bonds. The van der Waals surface area contributed by atoms with Crippen LogP contribution in [0, 0.1) is 11.7 Å². The van der Waals surface area contributed by atoms with Gasteiger partial charge in [-0.05, 0) is 84.0 Å². The highest BCUT2D eigenvalue weighted by Crippen LogP contribution is 2.41. The molecule has 1 aliphatic heterocycles. The van der Waals surface area contributed by atoms with Crippen LogP contribution in [0.2, 0.25) is 5.02 Å². The third-order valence-corrected chi connectivity index (χ3v) is 9.14. The van der Waals surface area contributed by atoms with Crippen molar-refractivity contribution in [3.8, 4) is 0 Å². The number of hydrogen-bond acceptors (Lipinski definition) is 5. The monoisotopic (exact) mass is 627 g/mol. The number of nitrogens with zero attached hydrogens (tertiary/aromatic N) is 2. The fourth-order valence-corrected chi connectivity index (χ4v) is 6.20. The minimum absolute atomic E-state index is 0.0546. The highest BCUT2D eigenvalue weighted by Gasteiger charge is 2.49. The number of pyridine rings is 1. The van der Waals surface area contributed by atoms with E-state index in [0.717, 1.165) is 12.0 Å². The van der Waals surface area contributed by atoms with Crippen LogP contribution < -0.4 is 16.4 Å². The summed E-state index contributed by atoms with van der Waals surface area (Å²) in [4.78, 5) is 32.8. The van der Waals surface area contributed by atoms with Crippen molar-refractivity contribution in [2.45, 2.75) is 49.3 Å². The van der Waals surface area contributed by atoms with Crippen LogP contribution in [0.25, 0.3) is 0 Å². The number of β-amino-alcohol motifs (C(OH)–C–C–N with tert-alkyl or cyclic N) is 1. The molecule has 45 heavy (non-hydrogen) atoms. The van der Waals surface area contributed by atoms with Gasteiger partial charge in [-0.3, -0.25) is 9.78 Å². The minimum Gasteiger partial charge on any atom is -0.383 e. The standard InChI is InChI=1S/C35H35ClFN5O3/c36-27-9-11-28(12-10-27)40-33(44)42-22-34(45,24-4-2-1-3-5-24)21-31(42)32(43)41-30-20-26(8-13-29(30)37)35(38,17-14-23-6-7-23)25-15-18-39-19-16-25/h1-5,8-13,15-16,18-20,23,31,45H,6-7,14,17,21-22,38H2,(H,40,44)(H,41,43). The molecule has 8 nitrogen and oxygen atoms in total. The number of nitrogens with one attached hydrogen (secondary N) is 2. The Bertz CT molecular complexity index is 1670. The van der Waals surface area contributed by atoms with Crippen LogP contribution in [-0.4, -0.2) is 39.5 Å². The van der Waals surface area contributed by atoms with E-state index in [1.54, 1.807) is 73.1 Å². The van der Waals surface area contributed by atoms with Crippen LogP contribution in [-0.2, 0) is 15.9 Å². The molecule has 3 unspecified atom stereocenters. The van der Waals surface area contributed by atoms with E-state index in [1.807, 2.05) is 18.2 Å². The molecular weight excluding hydrogens is 593 g/mol. The maximum Gasteiger partial charge on any atom is 0.322 e. The molecule has 3 atom stereocenters. The van der Waals surface area contributed by atoms with Gasteiger partial charge < -0.3 is 26.4 Å². The number of hydrogen-bond donors (Lipinski definition) is 4. The Labute approximate surface area is 266 Å². The molecule has 2 heterocycles. The quantitative estimate of drug-likeness (QED) is 0.171. The number of benzene rings is 3. The molecule has 2 aliphatic rings. The zero-order valence-corrected chi connectivity index (χ0v) is 25.4. The third kappa shape index (κ3) is 6.71. The first-order valence-corrected chi connectivity index (χ1v) is 15.4. The summed E-state index contributed by atoms with van der Waals surface area (Å²) in [6.45, 7) is -0.147. The fourth-order valence-electron chi connectivity index (χ4n) is 6.08. The van der Waals surface area contributed by atoms with Crippen molar-refractivity contribution in [1.29, 1.82) is 0 Å². The number of aliphatic hydroxyl groups is 1. The first-order chi connectivity index (χ1) is 21.6. The van der Waals surface area contributed by atoms with Crippen LogP contribution in [0.3, 0.4) is 0 Å². The van der Waals surface area contributed by atoms with E-state index in [0.29, 0.717) is 34.2 Å². The Kier molecular flexibility index (Phi) is 8.59. The Hall–Kier alpha value is -4.31. The summed E-state index contributed by atoms with van der Waals surface area (Å²) in [7, 11) is 0. The van der Waals surface area contributed by atoms with E-state index in [2.05, 4.69) is 15.6 Å². The summed E-state index contributed by atoms with van der Waals surface area (Å²) in [5, 5.41) is 17.7. The maximum atomic E-state index is 15.3. The number of urea groups is 1. The zero-order chi connectivity index (χ0) is 31.6. The number of carbonyl (C=O) groups excluding carboxylic acids is 2. The van der Waals surface area contributed by atoms with Gasteiger partial charge in [-0.15, -0.1) is 0 Å². The number of aromatic nitrogens is 1. The molecule has 1 saturated heterocycles. The van der Waals surface area contributed by atoms with Crippen LogP contribution in [0.5, 0.6) is 0 Å². The number of likely N-dealkylation sites (tertiary alicyclic amines) is 1. The molecule has 0 radical (unpaired) electrons. The fraction of sp³-hybridized carbons (Fsp3) is 0.286. The van der Waals surface area contributed by atoms with Crippen molar-refractivity contribution in [1.82, 2.24) is 9.88 Å². The molecule has 10 heteroatoms. The molecule has 6 rings (SSSR count). The zero-order valence-electron chi connectivity index (χ0n) is 24.6. The molecule has 1 aromatic heterocycles. The first-order valence-electron chi connectivity index (χ1n) is 15.1. The molecule has 0 spiro atoms. The van der Waals surface area contributed by atoms with Gasteiger partial charge in [-0.1, -0.05) is 60.8 Å². The predicted octanol–water partition coefficient (Wildman–Crippen LogP) is 6.40. The van der Waals surface area contributed by atoms with Crippen molar-refractivity contribution in [3.63, 3.8) is 0 Å². The largest absolute Gasteiger partial charge is 0.383 e. The molecule has 3 aromatic carbocycles. The lowest BCUT2D eigenvalue weighted by Crippen LogP contribution is -2.45. The second kappa shape index (κ2) is 12.6. The van der Waals surface area contributed by atoms with Gasteiger partial charge >= 0.3 is 6.03 Å². The lowest BCUT2D eigenvalue weighted by Gasteiger charge is -2.31. The van der Waals surface area contributed by atoms with Crippen molar-refractivity contribution in [2.24, 2.45) is 11.7 Å². The van der Waals surface area contributed by atoms with Gasteiger partial charge in [0.05, 0.1) is 17.8 Å². The Morgan fingerprint density at radius 2 is 1.71 bits per heavy atom. The molecule has 1 aliphatic carbocycles. The van der Waals surface area contributed by atoms with Crippen molar-refractivity contribution in [3.05, 3.63) is 125 Å². The number of carbonyl (C=O) groups is 2. The van der Waals surface area contributed by atoms with E-state index in [1.165, 1.54) is 23.8 Å². The van der Waals surface area contributed by atoms with Gasteiger partial charge in [-0.25, -0.2) is 9.18 Å². The minimum atomic E-state index is -1.50. The lowest BCUT2D eigenvalue weighted by molar-refractivity contribution is -0.119. The Morgan fingerprint density at radius 3 is 2.40 bits per heavy atom. The van der Waals surface area contributed by atoms with Gasteiger partial charge in [0.1, 0.15) is 17.5 Å². The molecular formula is C35H35ClFN5O3. The summed E-state index contributed by atoms with van der Waals surface area (Å²) < 4.78 is 15.3. The van der Waals surface area contributed by atoms with Crippen LogP contribution in [0.15, 0.2) is 97.3 Å². The topological polar surface area (TPSA) is 121 Å². The van der Waals surface area contributed by atoms with Crippen LogP contribution in [0.4, 0.5) is 20.6 Å². The molecule has 4 aromatic rings. The average Bonchev–Trinajstić information content (AvgIpc) is 3.82. The van der Waals surface area contributed by atoms with E-state index >= 15 is 4.39 Å². The second-order valence-electron chi connectivity index (χ2n) is 12.1. The van der Waals surface area contributed by atoms with E-state index in [4.69, 9.17) is 17.3 Å². The van der Waals surface area contributed by atoms with Gasteiger partial charge in [0, 0.05) is 29.5 Å². The van der Waals surface area contributed by atoms with Gasteiger partial charge in [0.25, 0.3) is 0 Å². The molecule has 2 fully saturated rings. The molecule has 5 N–H and O–H groups in total. The van der Waals surface area contributed by atoms with Gasteiger partial charge in [0.15, 0.2) is 0 Å². The summed E-state index contributed by atoms with van der Waals surface area (Å²) in [6, 6.07) is 22.0. The summed E-state index contributed by atoms with van der Waals surface area (Å²) in [5.74, 6) is -0.640. The third-order valence-electron chi connectivity index (χ3n) is 8.89. The molecule has 0 bridgehead atoms.